The highest BCUT2D eigenvalue weighted by atomic mass is 16.5. The fraction of sp³-hybridized carbons (Fsp3) is 0.389. The summed E-state index contributed by atoms with van der Waals surface area (Å²) in [6.07, 6.45) is 5.93. The van der Waals surface area contributed by atoms with E-state index < -0.39 is 5.97 Å². The van der Waals surface area contributed by atoms with Crippen LogP contribution in [-0.2, 0) is 18.2 Å². The van der Waals surface area contributed by atoms with Crippen LogP contribution in [0.2, 0.25) is 0 Å². The molecule has 1 aliphatic rings. The van der Waals surface area contributed by atoms with Gasteiger partial charge in [0.05, 0.1) is 26.0 Å². The Bertz CT molecular complexity index is 994. The van der Waals surface area contributed by atoms with Crippen molar-refractivity contribution < 1.29 is 19.4 Å². The van der Waals surface area contributed by atoms with Crippen LogP contribution in [0.4, 0.5) is 5.82 Å². The molecular formula is C18H21N7O4. The van der Waals surface area contributed by atoms with Crippen molar-refractivity contribution in [3.8, 4) is 11.8 Å². The molecule has 1 aliphatic heterocycles. The standard InChI is InChI=1S/C18H21N7O4/c1-23-12-13(11-19-23)3-7-29-18-20-15(24-5-8-28-9-6-24)10-16(21-18)25-4-2-14(22-25)17(26)27/h2,4,10-12H,3,5-9H2,1H3,(H,26,27). The van der Waals surface area contributed by atoms with Gasteiger partial charge in [-0.25, -0.2) is 9.48 Å². The average Bonchev–Trinajstić information content (AvgIpc) is 3.38. The molecule has 4 heterocycles. The number of carboxylic acid groups (broad SMARTS) is 1. The van der Waals surface area contributed by atoms with Crippen molar-refractivity contribution in [2.24, 2.45) is 7.05 Å². The number of hydrogen-bond donors (Lipinski definition) is 1. The first kappa shape index (κ1) is 18.9. The molecule has 0 unspecified atom stereocenters. The maximum atomic E-state index is 11.1. The first-order chi connectivity index (χ1) is 14.1. The number of carbonyl (C=O) groups is 1. The molecule has 0 radical (unpaired) electrons. The van der Waals surface area contributed by atoms with Crippen LogP contribution in [0.5, 0.6) is 6.01 Å². The topological polar surface area (TPSA) is 120 Å². The summed E-state index contributed by atoms with van der Waals surface area (Å²) in [4.78, 5) is 22.1. The number of rotatable bonds is 7. The van der Waals surface area contributed by atoms with E-state index >= 15 is 0 Å². The highest BCUT2D eigenvalue weighted by Gasteiger charge is 2.17. The second-order valence-electron chi connectivity index (χ2n) is 6.54. The van der Waals surface area contributed by atoms with Crippen molar-refractivity contribution in [3.05, 3.63) is 42.0 Å². The van der Waals surface area contributed by atoms with Crippen molar-refractivity contribution in [2.75, 3.05) is 37.8 Å². The molecule has 29 heavy (non-hydrogen) atoms. The van der Waals surface area contributed by atoms with Crippen molar-refractivity contribution in [1.82, 2.24) is 29.5 Å². The van der Waals surface area contributed by atoms with Gasteiger partial charge >= 0.3 is 12.0 Å². The summed E-state index contributed by atoms with van der Waals surface area (Å²) in [6, 6.07) is 3.39. The molecule has 3 aromatic rings. The third-order valence-corrected chi connectivity index (χ3v) is 4.44. The second-order valence-corrected chi connectivity index (χ2v) is 6.54. The van der Waals surface area contributed by atoms with Gasteiger partial charge in [0.15, 0.2) is 11.5 Å². The summed E-state index contributed by atoms with van der Waals surface area (Å²) in [7, 11) is 1.86. The van der Waals surface area contributed by atoms with Gasteiger partial charge in [0.25, 0.3) is 0 Å². The van der Waals surface area contributed by atoms with Gasteiger partial charge in [-0.05, 0) is 11.6 Å². The molecule has 0 aliphatic carbocycles. The summed E-state index contributed by atoms with van der Waals surface area (Å²) < 4.78 is 14.3. The first-order valence-corrected chi connectivity index (χ1v) is 9.20. The van der Waals surface area contributed by atoms with Crippen LogP contribution in [0.3, 0.4) is 0 Å². The van der Waals surface area contributed by atoms with Gasteiger partial charge in [-0.1, -0.05) is 0 Å². The number of morpholine rings is 1. The largest absolute Gasteiger partial charge is 0.476 e. The van der Waals surface area contributed by atoms with E-state index in [2.05, 4.69) is 25.1 Å². The SMILES string of the molecule is Cn1cc(CCOc2nc(N3CCOCC3)cc(-n3ccc(C(=O)O)n3)n2)cn1. The second kappa shape index (κ2) is 8.27. The van der Waals surface area contributed by atoms with Gasteiger partial charge in [0, 0.05) is 45.0 Å². The van der Waals surface area contributed by atoms with E-state index in [4.69, 9.17) is 14.6 Å². The minimum atomic E-state index is -1.10. The Kier molecular flexibility index (Phi) is 5.38. The lowest BCUT2D eigenvalue weighted by Gasteiger charge is -2.28. The number of aromatic carboxylic acids is 1. The van der Waals surface area contributed by atoms with Crippen LogP contribution in [0.15, 0.2) is 30.7 Å². The van der Waals surface area contributed by atoms with E-state index in [0.29, 0.717) is 51.0 Å². The third kappa shape index (κ3) is 4.51. The van der Waals surface area contributed by atoms with E-state index in [9.17, 15) is 4.79 Å². The molecule has 0 aromatic carbocycles. The van der Waals surface area contributed by atoms with E-state index in [0.717, 1.165) is 5.56 Å². The smallest absolute Gasteiger partial charge is 0.356 e. The van der Waals surface area contributed by atoms with Gasteiger partial charge in [-0.3, -0.25) is 4.68 Å². The number of hydrogen-bond acceptors (Lipinski definition) is 8. The molecule has 4 rings (SSSR count). The van der Waals surface area contributed by atoms with Crippen LogP contribution in [0, 0.1) is 0 Å². The lowest BCUT2D eigenvalue weighted by molar-refractivity contribution is 0.0690. The minimum Gasteiger partial charge on any atom is -0.476 e. The summed E-state index contributed by atoms with van der Waals surface area (Å²) in [5, 5.41) is 17.3. The van der Waals surface area contributed by atoms with E-state index in [-0.39, 0.29) is 11.7 Å². The predicted molar refractivity (Wildman–Crippen MR) is 102 cm³/mol. The Labute approximate surface area is 166 Å². The molecule has 0 spiro atoms. The van der Waals surface area contributed by atoms with Gasteiger partial charge in [-0.15, -0.1) is 0 Å². The number of anilines is 1. The van der Waals surface area contributed by atoms with Crippen LogP contribution >= 0.6 is 0 Å². The number of aryl methyl sites for hydroxylation is 1. The van der Waals surface area contributed by atoms with E-state index in [1.165, 1.54) is 10.7 Å². The average molecular weight is 399 g/mol. The molecule has 3 aromatic heterocycles. The Balaban J connectivity index is 1.57. The summed E-state index contributed by atoms with van der Waals surface area (Å²) in [5.41, 5.74) is 0.991. The van der Waals surface area contributed by atoms with Gasteiger partial charge in [0.2, 0.25) is 0 Å². The van der Waals surface area contributed by atoms with Crippen molar-refractivity contribution in [3.63, 3.8) is 0 Å². The van der Waals surface area contributed by atoms with Crippen LogP contribution in [0.25, 0.3) is 5.82 Å². The van der Waals surface area contributed by atoms with Gasteiger partial charge in [-0.2, -0.15) is 20.2 Å². The van der Waals surface area contributed by atoms with Crippen LogP contribution < -0.4 is 9.64 Å². The quantitative estimate of drug-likeness (QED) is 0.607. The molecule has 0 amide bonds. The van der Waals surface area contributed by atoms with Crippen molar-refractivity contribution >= 4 is 11.8 Å². The Morgan fingerprint density at radius 3 is 2.76 bits per heavy atom. The van der Waals surface area contributed by atoms with Gasteiger partial charge < -0.3 is 19.5 Å². The molecule has 0 saturated carbocycles. The molecule has 1 N–H and O–H groups in total. The zero-order valence-corrected chi connectivity index (χ0v) is 15.9. The molecular weight excluding hydrogens is 378 g/mol. The van der Waals surface area contributed by atoms with Crippen molar-refractivity contribution in [1.29, 1.82) is 0 Å². The van der Waals surface area contributed by atoms with Crippen LogP contribution in [0.1, 0.15) is 16.1 Å². The maximum absolute atomic E-state index is 11.1. The Morgan fingerprint density at radius 2 is 2.07 bits per heavy atom. The number of ether oxygens (including phenoxy) is 2. The fourth-order valence-corrected chi connectivity index (χ4v) is 2.96. The Hall–Kier alpha value is -3.47. The molecule has 11 heteroatoms. The molecule has 1 fully saturated rings. The molecule has 11 nitrogen and oxygen atoms in total. The molecule has 1 saturated heterocycles. The number of carboxylic acids is 1. The zero-order valence-electron chi connectivity index (χ0n) is 15.9. The first-order valence-electron chi connectivity index (χ1n) is 9.20. The van der Waals surface area contributed by atoms with E-state index in [1.807, 2.05) is 13.2 Å². The Morgan fingerprint density at radius 1 is 1.28 bits per heavy atom. The molecule has 0 bridgehead atoms. The molecule has 152 valence electrons. The third-order valence-electron chi connectivity index (χ3n) is 4.44. The predicted octanol–water partition coefficient (Wildman–Crippen LogP) is 0.552. The zero-order chi connectivity index (χ0) is 20.2. The fourth-order valence-electron chi connectivity index (χ4n) is 2.96. The summed E-state index contributed by atoms with van der Waals surface area (Å²) in [6.45, 7) is 3.01. The van der Waals surface area contributed by atoms with Gasteiger partial charge in [0.1, 0.15) is 5.82 Å². The number of aromatic nitrogens is 6. The van der Waals surface area contributed by atoms with E-state index in [1.54, 1.807) is 23.1 Å². The maximum Gasteiger partial charge on any atom is 0.356 e. The van der Waals surface area contributed by atoms with Crippen LogP contribution in [-0.4, -0.2) is 73.5 Å². The lowest BCUT2D eigenvalue weighted by Crippen LogP contribution is -2.37. The minimum absolute atomic E-state index is 0.0596. The van der Waals surface area contributed by atoms with Crippen molar-refractivity contribution in [2.45, 2.75) is 6.42 Å². The highest BCUT2D eigenvalue weighted by Crippen LogP contribution is 2.20. The normalized spacial score (nSPS) is 14.2. The molecule has 0 atom stereocenters. The number of nitrogens with zero attached hydrogens (tertiary/aromatic N) is 7. The summed E-state index contributed by atoms with van der Waals surface area (Å²) in [5.74, 6) is 0.0200. The highest BCUT2D eigenvalue weighted by molar-refractivity contribution is 5.85. The summed E-state index contributed by atoms with van der Waals surface area (Å²) >= 11 is 0. The lowest BCUT2D eigenvalue weighted by atomic mass is 10.3. The monoisotopic (exact) mass is 399 g/mol.